The maximum atomic E-state index is 12.6. The third-order valence-electron chi connectivity index (χ3n) is 5.22. The molecule has 29 heavy (non-hydrogen) atoms. The van der Waals surface area contributed by atoms with E-state index in [-0.39, 0.29) is 12.6 Å². The van der Waals surface area contributed by atoms with E-state index >= 15 is 0 Å². The van der Waals surface area contributed by atoms with Gasteiger partial charge in [-0.15, -0.1) is 0 Å². The van der Waals surface area contributed by atoms with E-state index in [1.165, 1.54) is 4.90 Å². The van der Waals surface area contributed by atoms with Gasteiger partial charge in [0, 0.05) is 30.7 Å². The highest BCUT2D eigenvalue weighted by molar-refractivity contribution is 6.02. The number of anilines is 1. The summed E-state index contributed by atoms with van der Waals surface area (Å²) < 4.78 is 37.9. The Morgan fingerprint density at radius 3 is 2.59 bits per heavy atom. The molecule has 0 aromatic carbocycles. The topological polar surface area (TPSA) is 82.5 Å². The van der Waals surface area contributed by atoms with E-state index in [2.05, 4.69) is 19.9 Å². The summed E-state index contributed by atoms with van der Waals surface area (Å²) in [6.45, 7) is 1.08. The Kier molecular flexibility index (Phi) is 4.75. The monoisotopic (exact) mass is 408 g/mol. The van der Waals surface area contributed by atoms with Gasteiger partial charge in [-0.25, -0.2) is 14.8 Å². The maximum Gasteiger partial charge on any atom is 0.406 e. The average molecular weight is 408 g/mol. The molecule has 0 N–H and O–H groups in total. The second-order valence-electron chi connectivity index (χ2n) is 7.21. The highest BCUT2D eigenvalue weighted by Gasteiger charge is 2.45. The molecule has 2 aromatic rings. The minimum absolute atomic E-state index is 0.281. The third kappa shape index (κ3) is 3.81. The molecule has 2 aromatic heterocycles. The van der Waals surface area contributed by atoms with Crippen molar-refractivity contribution in [1.82, 2.24) is 24.8 Å². The Labute approximate surface area is 164 Å². The summed E-state index contributed by atoms with van der Waals surface area (Å²) >= 11 is 0. The van der Waals surface area contributed by atoms with Gasteiger partial charge in [0.15, 0.2) is 0 Å². The number of aromatic nitrogens is 3. The molecule has 0 unspecified atom stereocenters. The Morgan fingerprint density at radius 2 is 1.90 bits per heavy atom. The lowest BCUT2D eigenvalue weighted by molar-refractivity contribution is -0.151. The van der Waals surface area contributed by atoms with Crippen molar-refractivity contribution in [3.63, 3.8) is 0 Å². The number of amides is 3. The molecule has 154 valence electrons. The summed E-state index contributed by atoms with van der Waals surface area (Å²) in [5.74, 6) is 0.585. The lowest BCUT2D eigenvalue weighted by atomic mass is 10.0. The van der Waals surface area contributed by atoms with Crippen molar-refractivity contribution in [2.45, 2.75) is 32.0 Å². The van der Waals surface area contributed by atoms with E-state index in [1.807, 2.05) is 6.07 Å². The fourth-order valence-electron chi connectivity index (χ4n) is 3.89. The van der Waals surface area contributed by atoms with Crippen molar-refractivity contribution in [1.29, 1.82) is 0 Å². The van der Waals surface area contributed by atoms with Gasteiger partial charge in [-0.2, -0.15) is 13.2 Å². The highest BCUT2D eigenvalue weighted by Crippen LogP contribution is 2.29. The van der Waals surface area contributed by atoms with Crippen molar-refractivity contribution in [3.05, 3.63) is 24.3 Å². The first-order chi connectivity index (χ1) is 13.7. The van der Waals surface area contributed by atoms with E-state index in [4.69, 9.17) is 0 Å². The summed E-state index contributed by atoms with van der Waals surface area (Å²) in [6, 6.07) is 0.699. The van der Waals surface area contributed by atoms with Gasteiger partial charge in [0.05, 0.1) is 11.7 Å². The van der Waals surface area contributed by atoms with Crippen LogP contribution < -0.4 is 4.90 Å². The summed E-state index contributed by atoms with van der Waals surface area (Å²) in [7, 11) is 0. The van der Waals surface area contributed by atoms with Crippen molar-refractivity contribution < 1.29 is 22.8 Å². The second-order valence-corrected chi connectivity index (χ2v) is 7.21. The predicted molar refractivity (Wildman–Crippen MR) is 97.2 cm³/mol. The van der Waals surface area contributed by atoms with Gasteiger partial charge < -0.3 is 9.80 Å². The molecular formula is C18H19F3N6O2. The molecule has 4 rings (SSSR count). The standard InChI is InChI=1S/C18H19F3N6O2/c1-11-23-14-8-22-5-2-13(14)16(24-11)25-6-3-12(4-7-25)26-9-15(28)27(17(26)29)10-18(19,20)21/h2,5,8,12H,3-4,6-7,9-10H2,1H3. The molecule has 0 spiro atoms. The number of aryl methyl sites for hydroxylation is 1. The first-order valence-corrected chi connectivity index (χ1v) is 9.24. The van der Waals surface area contributed by atoms with Crippen LogP contribution in [-0.2, 0) is 4.79 Å². The third-order valence-corrected chi connectivity index (χ3v) is 5.22. The van der Waals surface area contributed by atoms with E-state index < -0.39 is 24.7 Å². The molecule has 0 atom stereocenters. The largest absolute Gasteiger partial charge is 0.406 e. The number of alkyl halides is 3. The number of fused-ring (bicyclic) bond motifs is 1. The SMILES string of the molecule is Cc1nc(N2CCC(N3CC(=O)N(CC(F)(F)F)C3=O)CC2)c2ccncc2n1. The number of carbonyl (C=O) groups excluding carboxylic acids is 2. The first kappa shape index (κ1) is 19.3. The van der Waals surface area contributed by atoms with Crippen LogP contribution in [0.15, 0.2) is 18.5 Å². The van der Waals surface area contributed by atoms with Crippen LogP contribution in [0.3, 0.4) is 0 Å². The van der Waals surface area contributed by atoms with Gasteiger partial charge in [0.25, 0.3) is 5.91 Å². The fraction of sp³-hybridized carbons (Fsp3) is 0.500. The number of piperidine rings is 1. The van der Waals surface area contributed by atoms with Crippen LogP contribution in [0.5, 0.6) is 0 Å². The molecule has 8 nitrogen and oxygen atoms in total. The summed E-state index contributed by atoms with van der Waals surface area (Å²) in [6.07, 6.45) is -0.195. The van der Waals surface area contributed by atoms with Crippen LogP contribution in [0.1, 0.15) is 18.7 Å². The zero-order valence-electron chi connectivity index (χ0n) is 15.7. The van der Waals surface area contributed by atoms with Crippen LogP contribution in [0.2, 0.25) is 0 Å². The first-order valence-electron chi connectivity index (χ1n) is 9.24. The van der Waals surface area contributed by atoms with E-state index in [0.29, 0.717) is 36.7 Å². The molecule has 2 saturated heterocycles. The van der Waals surface area contributed by atoms with Gasteiger partial charge in [-0.1, -0.05) is 0 Å². The van der Waals surface area contributed by atoms with Gasteiger partial charge in [-0.05, 0) is 25.8 Å². The quantitative estimate of drug-likeness (QED) is 0.724. The van der Waals surface area contributed by atoms with Gasteiger partial charge in [-0.3, -0.25) is 14.7 Å². The minimum atomic E-state index is -4.61. The van der Waals surface area contributed by atoms with Gasteiger partial charge >= 0.3 is 12.2 Å². The summed E-state index contributed by atoms with van der Waals surface area (Å²) in [5.41, 5.74) is 0.736. The lowest BCUT2D eigenvalue weighted by Crippen LogP contribution is -2.47. The van der Waals surface area contributed by atoms with E-state index in [1.54, 1.807) is 19.3 Å². The Hall–Kier alpha value is -2.98. The minimum Gasteiger partial charge on any atom is -0.356 e. The van der Waals surface area contributed by atoms with Crippen molar-refractivity contribution in [3.8, 4) is 0 Å². The fourth-order valence-corrected chi connectivity index (χ4v) is 3.89. The van der Waals surface area contributed by atoms with E-state index in [9.17, 15) is 22.8 Å². The zero-order chi connectivity index (χ0) is 20.8. The molecule has 2 aliphatic heterocycles. The van der Waals surface area contributed by atoms with Gasteiger partial charge in [0.2, 0.25) is 0 Å². The molecule has 0 bridgehead atoms. The second kappa shape index (κ2) is 7.12. The van der Waals surface area contributed by atoms with Crippen LogP contribution in [0.25, 0.3) is 10.9 Å². The summed E-state index contributed by atoms with van der Waals surface area (Å²) in [5, 5.41) is 0.868. The average Bonchev–Trinajstić information content (AvgIpc) is 2.94. The Morgan fingerprint density at radius 1 is 1.17 bits per heavy atom. The number of rotatable bonds is 3. The molecule has 11 heteroatoms. The molecule has 0 saturated carbocycles. The highest BCUT2D eigenvalue weighted by atomic mass is 19.4. The van der Waals surface area contributed by atoms with E-state index in [0.717, 1.165) is 16.7 Å². The van der Waals surface area contributed by atoms with Crippen LogP contribution in [0.4, 0.5) is 23.8 Å². The molecule has 0 aliphatic carbocycles. The normalized spacial score (nSPS) is 19.0. The molecular weight excluding hydrogens is 389 g/mol. The molecule has 3 amide bonds. The number of pyridine rings is 1. The van der Waals surface area contributed by atoms with Crippen molar-refractivity contribution in [2.75, 3.05) is 31.1 Å². The molecule has 2 fully saturated rings. The predicted octanol–water partition coefficient (Wildman–Crippen LogP) is 2.13. The molecule has 0 radical (unpaired) electrons. The maximum absolute atomic E-state index is 12.6. The number of imide groups is 1. The van der Waals surface area contributed by atoms with Crippen molar-refractivity contribution in [2.24, 2.45) is 0 Å². The van der Waals surface area contributed by atoms with Crippen molar-refractivity contribution >= 4 is 28.7 Å². The molecule has 2 aliphatic rings. The Balaban J connectivity index is 1.47. The number of hydrogen-bond donors (Lipinski definition) is 0. The number of nitrogens with zero attached hydrogens (tertiary/aromatic N) is 6. The number of hydrogen-bond acceptors (Lipinski definition) is 6. The number of urea groups is 1. The zero-order valence-corrected chi connectivity index (χ0v) is 15.7. The van der Waals surface area contributed by atoms with Crippen LogP contribution in [0, 0.1) is 6.92 Å². The smallest absolute Gasteiger partial charge is 0.356 e. The van der Waals surface area contributed by atoms with Gasteiger partial charge in [0.1, 0.15) is 24.7 Å². The van der Waals surface area contributed by atoms with Crippen LogP contribution in [-0.4, -0.2) is 75.1 Å². The number of carbonyl (C=O) groups is 2. The lowest BCUT2D eigenvalue weighted by Gasteiger charge is -2.37. The van der Waals surface area contributed by atoms with Crippen LogP contribution >= 0.6 is 0 Å². The summed E-state index contributed by atoms with van der Waals surface area (Å²) in [4.78, 5) is 40.9. The number of halogens is 3. The molecule has 4 heterocycles. The Bertz CT molecular complexity index is 958.